The standard InChI is InChI=1S/C16H24N2O2/c1-4-10-18(11-12-19)16(20)17-15-13(5-2)8-7-9-14(15)6-3/h4,7-9,19H,1,5-6,10-12H2,2-3H3,(H,17,20). The number of anilines is 1. The van der Waals surface area contributed by atoms with Gasteiger partial charge < -0.3 is 15.3 Å². The number of rotatable bonds is 7. The van der Waals surface area contributed by atoms with Crippen molar-refractivity contribution in [3.8, 4) is 0 Å². The molecule has 0 aliphatic heterocycles. The molecule has 0 atom stereocenters. The zero-order chi connectivity index (χ0) is 15.0. The molecule has 2 N–H and O–H groups in total. The lowest BCUT2D eigenvalue weighted by atomic mass is 10.0. The van der Waals surface area contributed by atoms with Gasteiger partial charge in [0.25, 0.3) is 0 Å². The molecule has 1 aromatic carbocycles. The first kappa shape index (κ1) is 16.2. The van der Waals surface area contributed by atoms with E-state index in [1.807, 2.05) is 18.2 Å². The van der Waals surface area contributed by atoms with E-state index >= 15 is 0 Å². The van der Waals surface area contributed by atoms with Crippen LogP contribution in [-0.2, 0) is 12.8 Å². The number of para-hydroxylation sites is 1. The van der Waals surface area contributed by atoms with Gasteiger partial charge in [0.15, 0.2) is 0 Å². The van der Waals surface area contributed by atoms with Crippen molar-refractivity contribution in [2.24, 2.45) is 0 Å². The van der Waals surface area contributed by atoms with Crippen LogP contribution in [0.15, 0.2) is 30.9 Å². The van der Waals surface area contributed by atoms with E-state index in [1.165, 1.54) is 0 Å². The number of benzene rings is 1. The molecule has 1 rings (SSSR count). The highest BCUT2D eigenvalue weighted by atomic mass is 16.3. The largest absolute Gasteiger partial charge is 0.395 e. The Bertz CT molecular complexity index is 436. The molecule has 4 heteroatoms. The number of amides is 2. The monoisotopic (exact) mass is 276 g/mol. The molecule has 1 aromatic rings. The number of urea groups is 1. The van der Waals surface area contributed by atoms with Gasteiger partial charge in [0.1, 0.15) is 0 Å². The molecular weight excluding hydrogens is 252 g/mol. The average molecular weight is 276 g/mol. The lowest BCUT2D eigenvalue weighted by Crippen LogP contribution is -2.37. The van der Waals surface area contributed by atoms with Crippen LogP contribution in [0.5, 0.6) is 0 Å². The molecule has 2 amide bonds. The van der Waals surface area contributed by atoms with Gasteiger partial charge in [-0.05, 0) is 24.0 Å². The minimum Gasteiger partial charge on any atom is -0.395 e. The Hall–Kier alpha value is -1.81. The van der Waals surface area contributed by atoms with Gasteiger partial charge in [-0.15, -0.1) is 6.58 Å². The van der Waals surface area contributed by atoms with Crippen LogP contribution >= 0.6 is 0 Å². The van der Waals surface area contributed by atoms with Crippen molar-refractivity contribution in [3.63, 3.8) is 0 Å². The number of carbonyl (C=O) groups excluding carboxylic acids is 1. The Morgan fingerprint density at radius 1 is 1.35 bits per heavy atom. The minimum absolute atomic E-state index is 0.0582. The number of nitrogens with zero attached hydrogens (tertiary/aromatic N) is 1. The highest BCUT2D eigenvalue weighted by molar-refractivity contribution is 5.91. The fourth-order valence-corrected chi connectivity index (χ4v) is 2.14. The highest BCUT2D eigenvalue weighted by Gasteiger charge is 2.15. The van der Waals surface area contributed by atoms with E-state index in [-0.39, 0.29) is 12.6 Å². The normalized spacial score (nSPS) is 10.2. The van der Waals surface area contributed by atoms with Crippen molar-refractivity contribution in [1.29, 1.82) is 0 Å². The van der Waals surface area contributed by atoms with Crippen LogP contribution in [-0.4, -0.2) is 35.7 Å². The van der Waals surface area contributed by atoms with Crippen LogP contribution in [0.25, 0.3) is 0 Å². The number of aryl methyl sites for hydroxylation is 2. The molecule has 0 aliphatic carbocycles. The fraction of sp³-hybridized carbons (Fsp3) is 0.438. The summed E-state index contributed by atoms with van der Waals surface area (Å²) in [4.78, 5) is 13.8. The summed E-state index contributed by atoms with van der Waals surface area (Å²) in [6, 6.07) is 5.87. The second-order valence-electron chi connectivity index (χ2n) is 4.55. The molecule has 0 heterocycles. The summed E-state index contributed by atoms with van der Waals surface area (Å²) >= 11 is 0. The Morgan fingerprint density at radius 3 is 2.40 bits per heavy atom. The van der Waals surface area contributed by atoms with Crippen LogP contribution in [0.3, 0.4) is 0 Å². The van der Waals surface area contributed by atoms with Crippen LogP contribution in [0, 0.1) is 0 Å². The number of aliphatic hydroxyl groups is 1. The van der Waals surface area contributed by atoms with Crippen molar-refractivity contribution >= 4 is 11.7 Å². The summed E-state index contributed by atoms with van der Waals surface area (Å²) in [6.07, 6.45) is 3.39. The third-order valence-corrected chi connectivity index (χ3v) is 3.24. The van der Waals surface area contributed by atoms with Gasteiger partial charge >= 0.3 is 6.03 Å². The summed E-state index contributed by atoms with van der Waals surface area (Å²) in [5.74, 6) is 0. The van der Waals surface area contributed by atoms with Gasteiger partial charge in [-0.2, -0.15) is 0 Å². The van der Waals surface area contributed by atoms with Crippen molar-refractivity contribution in [3.05, 3.63) is 42.0 Å². The first-order chi connectivity index (χ1) is 9.67. The maximum atomic E-state index is 12.3. The SMILES string of the molecule is C=CCN(CCO)C(=O)Nc1c(CC)cccc1CC. The van der Waals surface area contributed by atoms with E-state index in [9.17, 15) is 4.79 Å². The summed E-state index contributed by atoms with van der Waals surface area (Å²) in [6.45, 7) is 8.43. The molecule has 0 spiro atoms. The van der Waals surface area contributed by atoms with Crippen molar-refractivity contribution in [2.75, 3.05) is 25.0 Å². The molecule has 4 nitrogen and oxygen atoms in total. The van der Waals surface area contributed by atoms with Crippen molar-refractivity contribution in [1.82, 2.24) is 4.90 Å². The number of carbonyl (C=O) groups is 1. The lowest BCUT2D eigenvalue weighted by Gasteiger charge is -2.22. The molecule has 0 fully saturated rings. The third-order valence-electron chi connectivity index (χ3n) is 3.24. The van der Waals surface area contributed by atoms with E-state index in [2.05, 4.69) is 25.7 Å². The Balaban J connectivity index is 2.95. The van der Waals surface area contributed by atoms with Crippen molar-refractivity contribution in [2.45, 2.75) is 26.7 Å². The van der Waals surface area contributed by atoms with Crippen LogP contribution in [0.4, 0.5) is 10.5 Å². The molecule has 0 unspecified atom stereocenters. The molecular formula is C16H24N2O2. The smallest absolute Gasteiger partial charge is 0.322 e. The van der Waals surface area contributed by atoms with Crippen molar-refractivity contribution < 1.29 is 9.90 Å². The van der Waals surface area contributed by atoms with E-state index in [0.717, 1.165) is 29.7 Å². The van der Waals surface area contributed by atoms with Gasteiger partial charge in [-0.3, -0.25) is 0 Å². The summed E-state index contributed by atoms with van der Waals surface area (Å²) in [5, 5.41) is 12.0. The topological polar surface area (TPSA) is 52.6 Å². The number of nitrogens with one attached hydrogen (secondary N) is 1. The Morgan fingerprint density at radius 2 is 1.95 bits per heavy atom. The zero-order valence-electron chi connectivity index (χ0n) is 12.4. The van der Waals surface area contributed by atoms with Crippen LogP contribution < -0.4 is 5.32 Å². The maximum Gasteiger partial charge on any atom is 0.322 e. The van der Waals surface area contributed by atoms with E-state index < -0.39 is 0 Å². The molecule has 0 aliphatic rings. The van der Waals surface area contributed by atoms with Gasteiger partial charge in [-0.25, -0.2) is 4.79 Å². The zero-order valence-corrected chi connectivity index (χ0v) is 12.4. The number of hydrogen-bond acceptors (Lipinski definition) is 2. The van der Waals surface area contributed by atoms with Gasteiger partial charge in [0.2, 0.25) is 0 Å². The first-order valence-electron chi connectivity index (χ1n) is 7.06. The Labute approximate surface area is 121 Å². The quantitative estimate of drug-likeness (QED) is 0.752. The van der Waals surface area contributed by atoms with Gasteiger partial charge in [-0.1, -0.05) is 38.1 Å². The second-order valence-corrected chi connectivity index (χ2v) is 4.55. The van der Waals surface area contributed by atoms with Crippen LogP contribution in [0.1, 0.15) is 25.0 Å². The average Bonchev–Trinajstić information content (AvgIpc) is 2.47. The summed E-state index contributed by atoms with van der Waals surface area (Å²) in [7, 11) is 0. The lowest BCUT2D eigenvalue weighted by molar-refractivity contribution is 0.195. The first-order valence-corrected chi connectivity index (χ1v) is 7.06. The maximum absolute atomic E-state index is 12.3. The molecule has 0 bridgehead atoms. The van der Waals surface area contributed by atoms with E-state index in [0.29, 0.717) is 13.1 Å². The minimum atomic E-state index is -0.199. The van der Waals surface area contributed by atoms with Gasteiger partial charge in [0, 0.05) is 18.8 Å². The molecule has 0 saturated heterocycles. The molecule has 0 aromatic heterocycles. The fourth-order valence-electron chi connectivity index (χ4n) is 2.14. The summed E-state index contributed by atoms with van der Waals surface area (Å²) in [5.41, 5.74) is 3.15. The molecule has 0 saturated carbocycles. The second kappa shape index (κ2) is 8.38. The highest BCUT2D eigenvalue weighted by Crippen LogP contribution is 2.22. The number of hydrogen-bond donors (Lipinski definition) is 2. The third kappa shape index (κ3) is 4.10. The Kier molecular flexibility index (Phi) is 6.81. The molecule has 20 heavy (non-hydrogen) atoms. The van der Waals surface area contributed by atoms with E-state index in [4.69, 9.17) is 5.11 Å². The molecule has 0 radical (unpaired) electrons. The predicted octanol–water partition coefficient (Wildman–Crippen LogP) is 2.82. The van der Waals surface area contributed by atoms with E-state index in [1.54, 1.807) is 11.0 Å². The van der Waals surface area contributed by atoms with Crippen LogP contribution in [0.2, 0.25) is 0 Å². The van der Waals surface area contributed by atoms with Gasteiger partial charge in [0.05, 0.1) is 6.61 Å². The number of aliphatic hydroxyl groups excluding tert-OH is 1. The summed E-state index contributed by atoms with van der Waals surface area (Å²) < 4.78 is 0. The predicted molar refractivity (Wildman–Crippen MR) is 83.1 cm³/mol. The molecule has 110 valence electrons.